The van der Waals surface area contributed by atoms with E-state index in [1.54, 1.807) is 0 Å². The first-order valence-corrected chi connectivity index (χ1v) is 23.1. The molecule has 8 nitrogen and oxygen atoms in total. The zero-order chi connectivity index (χ0) is 41.9. The molecule has 0 radical (unpaired) electrons. The Morgan fingerprint density at radius 1 is 0.650 bits per heavy atom. The van der Waals surface area contributed by atoms with Crippen LogP contribution in [0.25, 0.3) is 21.5 Å². The number of carbonyl (C=O) groups excluding carboxylic acids is 1. The molecule has 2 heterocycles. The number of carbonyl (C=O) groups is 2. The number of hydrogen-bond acceptors (Lipinski definition) is 7. The molecule has 2 saturated carbocycles. The number of aliphatic carboxylic acids is 1. The molecule has 4 aliphatic rings. The molecular weight excluding hydrogens is 749 g/mol. The molecule has 4 aromatic carbocycles. The van der Waals surface area contributed by atoms with Gasteiger partial charge in [0.2, 0.25) is 0 Å². The third-order valence-electron chi connectivity index (χ3n) is 14.6. The molecule has 4 atom stereocenters. The third kappa shape index (κ3) is 10.8. The highest BCUT2D eigenvalue weighted by Crippen LogP contribution is 2.44. The second-order valence-corrected chi connectivity index (χ2v) is 20.3. The predicted octanol–water partition coefficient (Wildman–Crippen LogP) is 11.1. The van der Waals surface area contributed by atoms with E-state index in [1.165, 1.54) is 40.1 Å². The van der Waals surface area contributed by atoms with Crippen molar-refractivity contribution in [2.75, 3.05) is 32.8 Å². The summed E-state index contributed by atoms with van der Waals surface area (Å²) in [7, 11) is 0. The van der Waals surface area contributed by atoms with Crippen LogP contribution in [0.5, 0.6) is 11.5 Å². The van der Waals surface area contributed by atoms with Gasteiger partial charge in [-0.25, -0.2) is 0 Å². The quantitative estimate of drug-likeness (QED) is 0.134. The molecule has 2 saturated heterocycles. The minimum absolute atomic E-state index is 0.0478. The Bertz CT molecular complexity index is 2120. The van der Waals surface area contributed by atoms with Gasteiger partial charge in [-0.15, -0.1) is 0 Å². The molecule has 8 heteroatoms. The summed E-state index contributed by atoms with van der Waals surface area (Å²) in [6, 6.07) is 26.2. The fourth-order valence-electron chi connectivity index (χ4n) is 10.6. The van der Waals surface area contributed by atoms with E-state index in [-0.39, 0.29) is 29.3 Å². The second-order valence-electron chi connectivity index (χ2n) is 20.3. The highest BCUT2D eigenvalue weighted by Gasteiger charge is 2.38. The van der Waals surface area contributed by atoms with E-state index in [1.807, 2.05) is 0 Å². The van der Waals surface area contributed by atoms with Crippen molar-refractivity contribution in [3.05, 3.63) is 83.9 Å². The summed E-state index contributed by atoms with van der Waals surface area (Å²) >= 11 is 0. The van der Waals surface area contributed by atoms with Gasteiger partial charge in [0, 0.05) is 26.2 Å². The van der Waals surface area contributed by atoms with Crippen molar-refractivity contribution in [1.29, 1.82) is 0 Å². The standard InChI is InChI=1S/C52H68N2O6/c1-51(2)21-17-45(18-22-51)59-46-15-13-38-28-37(10-11-40(38)29-46)33-54-25-6-8-43(35-54)50(57)58-26-20-44-31-48(19-23-52(44,3)4)60-47-16-14-39-27-36(9-12-41(39)30-47)32-53-24-5-7-42(34-53)49(55)56/h9-16,27-30,42-45,48H,5-8,17-26,31-35H2,1-4H3,(H,55,56). The molecule has 4 unspecified atom stereocenters. The van der Waals surface area contributed by atoms with E-state index in [4.69, 9.17) is 14.2 Å². The summed E-state index contributed by atoms with van der Waals surface area (Å²) in [4.78, 5) is 29.7. The zero-order valence-corrected chi connectivity index (χ0v) is 36.6. The van der Waals surface area contributed by atoms with Gasteiger partial charge >= 0.3 is 11.9 Å². The van der Waals surface area contributed by atoms with Crippen LogP contribution in [0.1, 0.15) is 116 Å². The number of carboxylic acids is 1. The van der Waals surface area contributed by atoms with E-state index in [0.717, 1.165) is 114 Å². The number of carboxylic acid groups (broad SMARTS) is 1. The molecule has 8 rings (SSSR count). The topological polar surface area (TPSA) is 88.5 Å². The Morgan fingerprint density at radius 2 is 1.17 bits per heavy atom. The average Bonchev–Trinajstić information content (AvgIpc) is 3.23. The van der Waals surface area contributed by atoms with E-state index in [2.05, 4.69) is 110 Å². The van der Waals surface area contributed by atoms with Crippen LogP contribution in [0, 0.1) is 28.6 Å². The first kappa shape index (κ1) is 42.5. The fourth-order valence-corrected chi connectivity index (χ4v) is 10.6. The number of hydrogen-bond donors (Lipinski definition) is 1. The van der Waals surface area contributed by atoms with Gasteiger partial charge in [0.15, 0.2) is 0 Å². The van der Waals surface area contributed by atoms with Crippen LogP contribution >= 0.6 is 0 Å². The summed E-state index contributed by atoms with van der Waals surface area (Å²) in [5, 5.41) is 14.2. The van der Waals surface area contributed by atoms with Gasteiger partial charge in [-0.2, -0.15) is 0 Å². The number of likely N-dealkylation sites (tertiary alicyclic amines) is 2. The Morgan fingerprint density at radius 3 is 1.77 bits per heavy atom. The maximum Gasteiger partial charge on any atom is 0.310 e. The van der Waals surface area contributed by atoms with Crippen molar-refractivity contribution in [1.82, 2.24) is 9.80 Å². The van der Waals surface area contributed by atoms with Crippen LogP contribution in [0.15, 0.2) is 72.8 Å². The molecule has 322 valence electrons. The maximum atomic E-state index is 13.4. The highest BCUT2D eigenvalue weighted by atomic mass is 16.5. The Hall–Kier alpha value is -4.14. The van der Waals surface area contributed by atoms with E-state index >= 15 is 0 Å². The van der Waals surface area contributed by atoms with Crippen LogP contribution in [-0.2, 0) is 27.4 Å². The van der Waals surface area contributed by atoms with Crippen LogP contribution < -0.4 is 9.47 Å². The normalized spacial score (nSPS) is 25.2. The molecule has 0 amide bonds. The molecule has 4 aromatic rings. The minimum atomic E-state index is -0.684. The lowest BCUT2D eigenvalue weighted by Gasteiger charge is -2.42. The summed E-state index contributed by atoms with van der Waals surface area (Å²) in [6.07, 6.45) is 12.6. The Kier molecular flexibility index (Phi) is 13.1. The van der Waals surface area contributed by atoms with Gasteiger partial charge in [0.25, 0.3) is 0 Å². The SMILES string of the molecule is CC1(C)CCC(Oc2ccc3cc(CN4CCCC(C(=O)OCCC5CC(Oc6ccc7cc(CN8CCCC(C(=O)O)C8)ccc7c6)CCC5(C)C)C4)ccc3c2)CC1. The van der Waals surface area contributed by atoms with Crippen LogP contribution in [-0.4, -0.2) is 71.8 Å². The van der Waals surface area contributed by atoms with Gasteiger partial charge in [0.05, 0.1) is 30.7 Å². The highest BCUT2D eigenvalue weighted by molar-refractivity contribution is 5.85. The van der Waals surface area contributed by atoms with Crippen molar-refractivity contribution in [3.63, 3.8) is 0 Å². The van der Waals surface area contributed by atoms with Gasteiger partial charge in [-0.1, -0.05) is 64.1 Å². The molecule has 2 aliphatic carbocycles. The lowest BCUT2D eigenvalue weighted by Crippen LogP contribution is -2.39. The Labute approximate surface area is 357 Å². The van der Waals surface area contributed by atoms with Crippen molar-refractivity contribution < 1.29 is 28.9 Å². The molecule has 0 spiro atoms. The average molecular weight is 817 g/mol. The summed E-state index contributed by atoms with van der Waals surface area (Å²) in [5.74, 6) is 1.19. The predicted molar refractivity (Wildman–Crippen MR) is 239 cm³/mol. The van der Waals surface area contributed by atoms with Crippen molar-refractivity contribution >= 4 is 33.5 Å². The largest absolute Gasteiger partial charge is 0.490 e. The van der Waals surface area contributed by atoms with Gasteiger partial charge in [0.1, 0.15) is 11.5 Å². The van der Waals surface area contributed by atoms with Crippen molar-refractivity contribution in [3.8, 4) is 11.5 Å². The lowest BCUT2D eigenvalue weighted by molar-refractivity contribution is -0.151. The smallest absolute Gasteiger partial charge is 0.310 e. The summed E-state index contributed by atoms with van der Waals surface area (Å²) in [6.45, 7) is 14.8. The number of esters is 1. The Balaban J connectivity index is 0.790. The van der Waals surface area contributed by atoms with Crippen molar-refractivity contribution in [2.45, 2.75) is 130 Å². The van der Waals surface area contributed by atoms with E-state index in [0.29, 0.717) is 30.6 Å². The molecule has 0 aromatic heterocycles. The molecule has 60 heavy (non-hydrogen) atoms. The fraction of sp³-hybridized carbons (Fsp3) is 0.577. The van der Waals surface area contributed by atoms with Gasteiger partial charge in [-0.05, 0) is 176 Å². The van der Waals surface area contributed by atoms with Crippen molar-refractivity contribution in [2.24, 2.45) is 28.6 Å². The number of piperidine rings is 2. The van der Waals surface area contributed by atoms with E-state index in [9.17, 15) is 14.7 Å². The molecule has 1 N–H and O–H groups in total. The first-order valence-electron chi connectivity index (χ1n) is 23.1. The van der Waals surface area contributed by atoms with Gasteiger partial charge in [-0.3, -0.25) is 19.4 Å². The lowest BCUT2D eigenvalue weighted by atomic mass is 9.67. The molecule has 0 bridgehead atoms. The maximum absolute atomic E-state index is 13.4. The van der Waals surface area contributed by atoms with Crippen LogP contribution in [0.3, 0.4) is 0 Å². The minimum Gasteiger partial charge on any atom is -0.490 e. The molecule has 4 fully saturated rings. The number of fused-ring (bicyclic) bond motifs is 2. The molecular formula is C52H68N2O6. The van der Waals surface area contributed by atoms with E-state index < -0.39 is 5.97 Å². The van der Waals surface area contributed by atoms with Crippen LogP contribution in [0.4, 0.5) is 0 Å². The molecule has 2 aliphatic heterocycles. The third-order valence-corrected chi connectivity index (χ3v) is 14.6. The second kappa shape index (κ2) is 18.5. The monoisotopic (exact) mass is 817 g/mol. The number of nitrogens with zero attached hydrogens (tertiary/aromatic N) is 2. The number of benzene rings is 4. The van der Waals surface area contributed by atoms with Crippen LogP contribution in [0.2, 0.25) is 0 Å². The number of ether oxygens (including phenoxy) is 3. The van der Waals surface area contributed by atoms with Gasteiger partial charge < -0.3 is 19.3 Å². The number of rotatable bonds is 13. The summed E-state index contributed by atoms with van der Waals surface area (Å²) < 4.78 is 19.1. The first-order chi connectivity index (χ1) is 28.8. The summed E-state index contributed by atoms with van der Waals surface area (Å²) in [5.41, 5.74) is 3.08. The zero-order valence-electron chi connectivity index (χ0n) is 36.6.